The molecule has 176 valence electrons. The summed E-state index contributed by atoms with van der Waals surface area (Å²) in [5.74, 6) is -1.02. The van der Waals surface area contributed by atoms with Gasteiger partial charge >= 0.3 is 5.91 Å². The molecule has 6 nitrogen and oxygen atoms in total. The second-order valence-electron chi connectivity index (χ2n) is 7.82. The summed E-state index contributed by atoms with van der Waals surface area (Å²) in [5.41, 5.74) is 2.63. The van der Waals surface area contributed by atoms with Gasteiger partial charge in [0.05, 0.1) is 5.57 Å². The molecule has 1 unspecified atom stereocenters. The summed E-state index contributed by atoms with van der Waals surface area (Å²) in [6, 6.07) is 17.6. The lowest BCUT2D eigenvalue weighted by Gasteiger charge is -2.20. The number of halogens is 1. The Morgan fingerprint density at radius 1 is 1.09 bits per heavy atom. The van der Waals surface area contributed by atoms with E-state index in [2.05, 4.69) is 10.2 Å². The number of rotatable bonds is 6. The fourth-order valence-electron chi connectivity index (χ4n) is 3.70. The molecule has 35 heavy (non-hydrogen) atoms. The minimum Gasteiger partial charge on any atom is -0.507 e. The van der Waals surface area contributed by atoms with Gasteiger partial charge in [0.25, 0.3) is 5.78 Å². The number of hydrogen-bond acceptors (Lipinski definition) is 8. The molecule has 3 heterocycles. The van der Waals surface area contributed by atoms with E-state index in [1.165, 1.54) is 39.3 Å². The zero-order valence-electron chi connectivity index (χ0n) is 18.3. The van der Waals surface area contributed by atoms with Gasteiger partial charge in [-0.3, -0.25) is 14.5 Å². The number of ketones is 1. The number of carbonyl (C=O) groups is 2. The zero-order chi connectivity index (χ0) is 24.5. The van der Waals surface area contributed by atoms with E-state index in [4.69, 9.17) is 11.6 Å². The van der Waals surface area contributed by atoms with Gasteiger partial charge in [-0.25, -0.2) is 0 Å². The van der Waals surface area contributed by atoms with Crippen molar-refractivity contribution in [3.05, 3.63) is 98.2 Å². The molecule has 2 aromatic heterocycles. The van der Waals surface area contributed by atoms with Crippen LogP contribution in [0.15, 0.2) is 76.0 Å². The minimum atomic E-state index is -0.779. The second-order valence-corrected chi connectivity index (χ2v) is 11.4. The van der Waals surface area contributed by atoms with Gasteiger partial charge in [-0.05, 0) is 36.1 Å². The molecule has 0 saturated carbocycles. The Balaban J connectivity index is 1.49. The highest BCUT2D eigenvalue weighted by Crippen LogP contribution is 2.45. The van der Waals surface area contributed by atoms with Crippen LogP contribution >= 0.6 is 46.0 Å². The lowest BCUT2D eigenvalue weighted by molar-refractivity contribution is -0.132. The van der Waals surface area contributed by atoms with Crippen molar-refractivity contribution in [2.24, 2.45) is 0 Å². The van der Waals surface area contributed by atoms with E-state index in [1.807, 2.05) is 60.8 Å². The van der Waals surface area contributed by atoms with Gasteiger partial charge in [-0.15, -0.1) is 21.5 Å². The van der Waals surface area contributed by atoms with Crippen LogP contribution < -0.4 is 4.90 Å². The number of benzene rings is 2. The summed E-state index contributed by atoms with van der Waals surface area (Å²) >= 11 is 10.1. The van der Waals surface area contributed by atoms with E-state index in [0.717, 1.165) is 16.0 Å². The predicted octanol–water partition coefficient (Wildman–Crippen LogP) is 6.48. The van der Waals surface area contributed by atoms with E-state index in [0.29, 0.717) is 25.8 Å². The third-order valence-corrected chi connectivity index (χ3v) is 8.76. The number of carbonyl (C=O) groups excluding carboxylic acids is 2. The van der Waals surface area contributed by atoms with E-state index in [-0.39, 0.29) is 11.3 Å². The number of nitrogens with zero attached hydrogens (tertiary/aromatic N) is 3. The van der Waals surface area contributed by atoms with Gasteiger partial charge in [-0.2, -0.15) is 0 Å². The van der Waals surface area contributed by atoms with Crippen LogP contribution in [-0.4, -0.2) is 27.0 Å². The number of amides is 1. The lowest BCUT2D eigenvalue weighted by Crippen LogP contribution is -2.29. The first-order valence-corrected chi connectivity index (χ1v) is 13.6. The summed E-state index contributed by atoms with van der Waals surface area (Å²) in [6.45, 7) is 1.94. The van der Waals surface area contributed by atoms with Gasteiger partial charge < -0.3 is 5.11 Å². The molecule has 1 N–H and O–H groups in total. The van der Waals surface area contributed by atoms with Crippen molar-refractivity contribution in [3.8, 4) is 0 Å². The van der Waals surface area contributed by atoms with Gasteiger partial charge in [-0.1, -0.05) is 82.7 Å². The van der Waals surface area contributed by atoms with Gasteiger partial charge in [0, 0.05) is 21.2 Å². The molecule has 0 bridgehead atoms. The van der Waals surface area contributed by atoms with Crippen LogP contribution in [0.1, 0.15) is 27.6 Å². The largest absolute Gasteiger partial charge is 0.507 e. The monoisotopic (exact) mass is 539 g/mol. The Hall–Kier alpha value is -2.98. The Morgan fingerprint density at radius 2 is 1.83 bits per heavy atom. The molecular weight excluding hydrogens is 522 g/mol. The molecule has 2 aromatic carbocycles. The van der Waals surface area contributed by atoms with Crippen molar-refractivity contribution < 1.29 is 14.7 Å². The molecule has 1 aliphatic heterocycles. The molecule has 10 heteroatoms. The zero-order valence-corrected chi connectivity index (χ0v) is 21.5. The molecular formula is C25H18ClN3O3S3. The van der Waals surface area contributed by atoms with E-state index in [9.17, 15) is 14.7 Å². The Kier molecular flexibility index (Phi) is 6.75. The first-order valence-electron chi connectivity index (χ1n) is 10.5. The second kappa shape index (κ2) is 9.94. The molecule has 4 aromatic rings. The van der Waals surface area contributed by atoms with Crippen LogP contribution in [0.2, 0.25) is 5.02 Å². The number of aliphatic hydroxyl groups excluding tert-OH is 1. The maximum absolute atomic E-state index is 13.2. The van der Waals surface area contributed by atoms with Crippen LogP contribution in [0.3, 0.4) is 0 Å². The quantitative estimate of drug-likeness (QED) is 0.0992. The molecule has 1 fully saturated rings. The van der Waals surface area contributed by atoms with Crippen LogP contribution in [0.5, 0.6) is 0 Å². The van der Waals surface area contributed by atoms with Crippen LogP contribution in [0.4, 0.5) is 5.13 Å². The minimum absolute atomic E-state index is 0.0480. The van der Waals surface area contributed by atoms with Gasteiger partial charge in [0.15, 0.2) is 4.34 Å². The molecule has 1 saturated heterocycles. The van der Waals surface area contributed by atoms with Crippen LogP contribution in [0, 0.1) is 6.92 Å². The third kappa shape index (κ3) is 4.77. The Bertz CT molecular complexity index is 1410. The molecule has 1 amide bonds. The standard InChI is InChI=1S/C25H18ClN3O3S3/c1-14-4-8-16(9-5-14)21(30)19-20(18-3-2-12-33-18)29(23(32)22(19)31)24-27-28-25(35-24)34-13-15-6-10-17(26)11-7-15/h2-12,20,30H,13H2,1H3/b21-19-. The average molecular weight is 540 g/mol. The number of aromatic nitrogens is 2. The van der Waals surface area contributed by atoms with Crippen molar-refractivity contribution in [3.63, 3.8) is 0 Å². The number of aryl methyl sites for hydroxylation is 1. The van der Waals surface area contributed by atoms with Crippen molar-refractivity contribution in [1.29, 1.82) is 0 Å². The van der Waals surface area contributed by atoms with Crippen LogP contribution in [0.25, 0.3) is 5.76 Å². The lowest BCUT2D eigenvalue weighted by atomic mass is 9.99. The fourth-order valence-corrected chi connectivity index (χ4v) is 6.47. The van der Waals surface area contributed by atoms with E-state index >= 15 is 0 Å². The molecule has 0 radical (unpaired) electrons. The number of anilines is 1. The van der Waals surface area contributed by atoms with Crippen molar-refractivity contribution in [2.45, 2.75) is 23.1 Å². The Morgan fingerprint density at radius 3 is 2.51 bits per heavy atom. The first-order chi connectivity index (χ1) is 16.9. The Labute approximate surface area is 218 Å². The highest BCUT2D eigenvalue weighted by molar-refractivity contribution is 8.00. The highest BCUT2D eigenvalue weighted by Gasteiger charge is 2.48. The smallest absolute Gasteiger partial charge is 0.301 e. The molecule has 1 atom stereocenters. The number of hydrogen-bond donors (Lipinski definition) is 1. The van der Waals surface area contributed by atoms with E-state index < -0.39 is 17.7 Å². The third-order valence-electron chi connectivity index (χ3n) is 5.46. The van der Waals surface area contributed by atoms with Crippen LogP contribution in [-0.2, 0) is 15.3 Å². The molecule has 0 aliphatic carbocycles. The summed E-state index contributed by atoms with van der Waals surface area (Å²) in [7, 11) is 0. The summed E-state index contributed by atoms with van der Waals surface area (Å²) in [4.78, 5) is 28.4. The van der Waals surface area contributed by atoms with Gasteiger partial charge in [0.1, 0.15) is 11.8 Å². The fraction of sp³-hybridized carbons (Fsp3) is 0.120. The summed E-state index contributed by atoms with van der Waals surface area (Å²) < 4.78 is 0.667. The van der Waals surface area contributed by atoms with Crippen molar-refractivity contribution >= 4 is 68.6 Å². The topological polar surface area (TPSA) is 83.4 Å². The summed E-state index contributed by atoms with van der Waals surface area (Å²) in [5, 5.41) is 22.4. The number of Topliss-reactive ketones (excluding diaryl/α,β-unsaturated/α-hetero) is 1. The van der Waals surface area contributed by atoms with Crippen molar-refractivity contribution in [1.82, 2.24) is 10.2 Å². The normalized spacial score (nSPS) is 17.3. The number of thiophene rings is 1. The summed E-state index contributed by atoms with van der Waals surface area (Å²) in [6.07, 6.45) is 0. The molecule has 1 aliphatic rings. The van der Waals surface area contributed by atoms with Crippen molar-refractivity contribution in [2.75, 3.05) is 4.90 Å². The first kappa shape index (κ1) is 23.7. The number of aliphatic hydroxyl groups is 1. The van der Waals surface area contributed by atoms with E-state index in [1.54, 1.807) is 12.1 Å². The molecule has 0 spiro atoms. The highest BCUT2D eigenvalue weighted by atomic mass is 35.5. The molecule has 5 rings (SSSR count). The maximum Gasteiger partial charge on any atom is 0.301 e. The SMILES string of the molecule is Cc1ccc(/C(O)=C2/C(=O)C(=O)N(c3nnc(SCc4ccc(Cl)cc4)s3)C2c2cccs2)cc1. The average Bonchev–Trinajstić information content (AvgIpc) is 3.60. The predicted molar refractivity (Wildman–Crippen MR) is 141 cm³/mol. The number of thioether (sulfide) groups is 1. The maximum atomic E-state index is 13.2. The van der Waals surface area contributed by atoms with Gasteiger partial charge in [0.2, 0.25) is 5.13 Å².